The highest BCUT2D eigenvalue weighted by molar-refractivity contribution is 9.10. The van der Waals surface area contributed by atoms with Crippen LogP contribution in [0.2, 0.25) is 0 Å². The minimum absolute atomic E-state index is 0.116. The van der Waals surface area contributed by atoms with Crippen LogP contribution in [-0.2, 0) is 0 Å². The first kappa shape index (κ1) is 13.5. The van der Waals surface area contributed by atoms with Crippen LogP contribution in [0.3, 0.4) is 0 Å². The second-order valence-corrected chi connectivity index (χ2v) is 6.31. The molecule has 2 fully saturated rings. The summed E-state index contributed by atoms with van der Waals surface area (Å²) in [5, 5.41) is 21.0. The molecule has 1 aliphatic heterocycles. The number of nitro benzene ring substituents is 1. The molecule has 0 spiro atoms. The Kier molecular flexibility index (Phi) is 3.06. The molecule has 106 valence electrons. The van der Waals surface area contributed by atoms with Crippen molar-refractivity contribution >= 4 is 27.5 Å². The SMILES string of the molecule is O=C(c1cc([N+](=O)[O-])ccc1Br)N1CC(O)(C2CC2)C1. The molecule has 1 aromatic rings. The number of nitrogens with zero attached hydrogens (tertiary/aromatic N) is 2. The summed E-state index contributed by atoms with van der Waals surface area (Å²) in [4.78, 5) is 24.1. The number of non-ortho nitro benzene ring substituents is 1. The van der Waals surface area contributed by atoms with E-state index in [2.05, 4.69) is 15.9 Å². The lowest BCUT2D eigenvalue weighted by molar-refractivity contribution is -0.384. The predicted octanol–water partition coefficient (Wildman–Crippen LogP) is 1.95. The molecular formula is C13H13BrN2O4. The van der Waals surface area contributed by atoms with Crippen LogP contribution in [0.15, 0.2) is 22.7 Å². The van der Waals surface area contributed by atoms with E-state index in [0.29, 0.717) is 23.5 Å². The van der Waals surface area contributed by atoms with E-state index in [1.54, 1.807) is 0 Å². The Bertz CT molecular complexity index is 594. The van der Waals surface area contributed by atoms with Gasteiger partial charge in [-0.2, -0.15) is 0 Å². The molecule has 1 aromatic carbocycles. The van der Waals surface area contributed by atoms with Crippen LogP contribution in [0.25, 0.3) is 0 Å². The zero-order valence-corrected chi connectivity index (χ0v) is 12.2. The first-order valence-corrected chi connectivity index (χ1v) is 7.15. The molecular weight excluding hydrogens is 328 g/mol. The van der Waals surface area contributed by atoms with Crippen LogP contribution < -0.4 is 0 Å². The Morgan fingerprint density at radius 2 is 2.10 bits per heavy atom. The molecule has 2 aliphatic rings. The molecule has 1 amide bonds. The quantitative estimate of drug-likeness (QED) is 0.673. The Morgan fingerprint density at radius 1 is 1.45 bits per heavy atom. The maximum Gasteiger partial charge on any atom is 0.270 e. The molecule has 1 heterocycles. The van der Waals surface area contributed by atoms with Gasteiger partial charge in [0.25, 0.3) is 11.6 Å². The summed E-state index contributed by atoms with van der Waals surface area (Å²) in [6, 6.07) is 4.11. The van der Waals surface area contributed by atoms with Crippen molar-refractivity contribution in [3.8, 4) is 0 Å². The molecule has 3 rings (SSSR count). The van der Waals surface area contributed by atoms with Crippen LogP contribution in [-0.4, -0.2) is 39.5 Å². The number of likely N-dealkylation sites (tertiary alicyclic amines) is 1. The van der Waals surface area contributed by atoms with Gasteiger partial charge in [-0.25, -0.2) is 0 Å². The largest absolute Gasteiger partial charge is 0.386 e. The van der Waals surface area contributed by atoms with Crippen LogP contribution in [0.5, 0.6) is 0 Å². The standard InChI is InChI=1S/C13H13BrN2O4/c14-11-4-3-9(16(19)20)5-10(11)12(17)15-6-13(18,7-15)8-1-2-8/h3-5,8,18H,1-2,6-7H2. The first-order chi connectivity index (χ1) is 9.40. The van der Waals surface area contributed by atoms with Gasteiger partial charge in [-0.3, -0.25) is 14.9 Å². The number of aliphatic hydroxyl groups is 1. The number of carbonyl (C=O) groups excluding carboxylic acids is 1. The van der Waals surface area contributed by atoms with Crippen LogP contribution >= 0.6 is 15.9 Å². The van der Waals surface area contributed by atoms with Crippen molar-refractivity contribution in [3.63, 3.8) is 0 Å². The van der Waals surface area contributed by atoms with Crippen molar-refractivity contribution in [1.29, 1.82) is 0 Å². The number of hydrogen-bond donors (Lipinski definition) is 1. The molecule has 1 aliphatic carbocycles. The summed E-state index contributed by atoms with van der Waals surface area (Å²) < 4.78 is 0.523. The molecule has 7 heteroatoms. The molecule has 0 unspecified atom stereocenters. The van der Waals surface area contributed by atoms with Gasteiger partial charge in [0.1, 0.15) is 5.60 Å². The average Bonchev–Trinajstić information content (AvgIpc) is 3.19. The summed E-state index contributed by atoms with van der Waals surface area (Å²) in [6.45, 7) is 0.622. The molecule has 1 saturated heterocycles. The van der Waals surface area contributed by atoms with Gasteiger partial charge in [0.15, 0.2) is 0 Å². The van der Waals surface area contributed by atoms with Crippen molar-refractivity contribution in [1.82, 2.24) is 4.90 Å². The first-order valence-electron chi connectivity index (χ1n) is 6.36. The van der Waals surface area contributed by atoms with Gasteiger partial charge in [0.05, 0.1) is 23.6 Å². The van der Waals surface area contributed by atoms with Crippen LogP contribution in [0.4, 0.5) is 5.69 Å². The van der Waals surface area contributed by atoms with E-state index < -0.39 is 10.5 Å². The Labute approximate surface area is 123 Å². The van der Waals surface area contributed by atoms with Crippen molar-refractivity contribution in [2.75, 3.05) is 13.1 Å². The maximum absolute atomic E-state index is 12.3. The fraction of sp³-hybridized carbons (Fsp3) is 0.462. The molecule has 0 bridgehead atoms. The zero-order valence-electron chi connectivity index (χ0n) is 10.6. The smallest absolute Gasteiger partial charge is 0.270 e. The van der Waals surface area contributed by atoms with Gasteiger partial charge in [-0.05, 0) is 40.8 Å². The Morgan fingerprint density at radius 3 is 2.65 bits per heavy atom. The number of hydrogen-bond acceptors (Lipinski definition) is 4. The van der Waals surface area contributed by atoms with Crippen LogP contribution in [0, 0.1) is 16.0 Å². The predicted molar refractivity (Wildman–Crippen MR) is 74.4 cm³/mol. The lowest BCUT2D eigenvalue weighted by Gasteiger charge is -2.47. The Hall–Kier alpha value is -1.47. The number of amides is 1. The van der Waals surface area contributed by atoms with Crippen molar-refractivity contribution < 1.29 is 14.8 Å². The lowest BCUT2D eigenvalue weighted by Crippen LogP contribution is -2.64. The minimum Gasteiger partial charge on any atom is -0.386 e. The highest BCUT2D eigenvalue weighted by Gasteiger charge is 2.53. The third-order valence-corrected chi connectivity index (χ3v) is 4.64. The van der Waals surface area contributed by atoms with Crippen molar-refractivity contribution in [2.45, 2.75) is 18.4 Å². The summed E-state index contributed by atoms with van der Waals surface area (Å²) in [5.74, 6) is 0.0194. The van der Waals surface area contributed by atoms with E-state index in [9.17, 15) is 20.0 Å². The van der Waals surface area contributed by atoms with E-state index in [0.717, 1.165) is 12.8 Å². The van der Waals surface area contributed by atoms with E-state index in [4.69, 9.17) is 0 Å². The van der Waals surface area contributed by atoms with Gasteiger partial charge in [0.2, 0.25) is 0 Å². The molecule has 0 atom stereocenters. The van der Waals surface area contributed by atoms with E-state index >= 15 is 0 Å². The van der Waals surface area contributed by atoms with E-state index in [1.165, 1.54) is 23.1 Å². The number of halogens is 1. The highest BCUT2D eigenvalue weighted by atomic mass is 79.9. The van der Waals surface area contributed by atoms with Crippen LogP contribution in [0.1, 0.15) is 23.2 Å². The number of β-amino-alcohol motifs (C(OH)–C–C–N with tert-alkyl or cyclic N) is 1. The molecule has 1 N–H and O–H groups in total. The molecule has 1 saturated carbocycles. The lowest BCUT2D eigenvalue weighted by atomic mass is 9.88. The number of nitro groups is 1. The maximum atomic E-state index is 12.3. The normalized spacial score (nSPS) is 20.4. The number of benzene rings is 1. The van der Waals surface area contributed by atoms with Gasteiger partial charge in [0, 0.05) is 16.6 Å². The van der Waals surface area contributed by atoms with Gasteiger partial charge >= 0.3 is 0 Å². The summed E-state index contributed by atoms with van der Waals surface area (Å²) in [6.07, 6.45) is 2.03. The third-order valence-electron chi connectivity index (χ3n) is 3.94. The monoisotopic (exact) mass is 340 g/mol. The van der Waals surface area contributed by atoms with Crippen molar-refractivity contribution in [3.05, 3.63) is 38.3 Å². The summed E-state index contributed by atoms with van der Waals surface area (Å²) in [5.41, 5.74) is -0.602. The minimum atomic E-state index is -0.747. The Balaban J connectivity index is 1.78. The van der Waals surface area contributed by atoms with E-state index in [-0.39, 0.29) is 17.2 Å². The fourth-order valence-electron chi connectivity index (χ4n) is 2.60. The summed E-state index contributed by atoms with van der Waals surface area (Å²) >= 11 is 3.24. The molecule has 20 heavy (non-hydrogen) atoms. The van der Waals surface area contributed by atoms with Crippen molar-refractivity contribution in [2.24, 2.45) is 5.92 Å². The third kappa shape index (κ3) is 2.20. The molecule has 0 radical (unpaired) electrons. The number of rotatable bonds is 3. The highest BCUT2D eigenvalue weighted by Crippen LogP contribution is 2.45. The topological polar surface area (TPSA) is 83.7 Å². The summed E-state index contributed by atoms with van der Waals surface area (Å²) in [7, 11) is 0. The number of carbonyl (C=O) groups is 1. The molecule has 6 nitrogen and oxygen atoms in total. The van der Waals surface area contributed by atoms with Gasteiger partial charge in [-0.15, -0.1) is 0 Å². The average molecular weight is 341 g/mol. The fourth-order valence-corrected chi connectivity index (χ4v) is 3.01. The second kappa shape index (κ2) is 4.53. The molecule has 0 aromatic heterocycles. The van der Waals surface area contributed by atoms with Gasteiger partial charge < -0.3 is 10.0 Å². The van der Waals surface area contributed by atoms with E-state index in [1.807, 2.05) is 0 Å². The van der Waals surface area contributed by atoms with Gasteiger partial charge in [-0.1, -0.05) is 0 Å². The zero-order chi connectivity index (χ0) is 14.5. The second-order valence-electron chi connectivity index (χ2n) is 5.46.